The number of aromatic nitrogens is 2. The Labute approximate surface area is 190 Å². The molecule has 0 atom stereocenters. The zero-order chi connectivity index (χ0) is 22.0. The standard InChI is InChI=1S/C22H17Cl2N4O2S/c1-2-14-6-5-7-16(12-14)25-21-22(27-19-9-4-3-8-18(19)26-21)28-31(29,30)20-13-15(23)10-11-17(20)24/h3-13H,2H2,1H3,(H-,25,26,27,28)/q-1. The maximum absolute atomic E-state index is 13.0. The summed E-state index contributed by atoms with van der Waals surface area (Å²) in [6.45, 7) is 2.05. The van der Waals surface area contributed by atoms with Crippen LogP contribution in [0.3, 0.4) is 0 Å². The molecule has 4 rings (SSSR count). The number of nitrogens with zero attached hydrogens (tertiary/aromatic N) is 3. The van der Waals surface area contributed by atoms with Gasteiger partial charge in [0, 0.05) is 10.7 Å². The fourth-order valence-electron chi connectivity index (χ4n) is 2.98. The van der Waals surface area contributed by atoms with E-state index in [2.05, 4.69) is 26.9 Å². The molecule has 1 aromatic heterocycles. The van der Waals surface area contributed by atoms with Gasteiger partial charge in [-0.2, -0.15) is 0 Å². The van der Waals surface area contributed by atoms with Gasteiger partial charge in [0.05, 0.1) is 15.4 Å². The van der Waals surface area contributed by atoms with Crippen LogP contribution in [0.1, 0.15) is 12.5 Å². The summed E-state index contributed by atoms with van der Waals surface area (Å²) in [4.78, 5) is 8.78. The molecule has 6 nitrogen and oxygen atoms in total. The number of nitrogens with one attached hydrogen (secondary N) is 1. The minimum Gasteiger partial charge on any atom is -0.431 e. The molecule has 3 aromatic carbocycles. The molecule has 0 aliphatic heterocycles. The first-order valence-electron chi connectivity index (χ1n) is 9.41. The van der Waals surface area contributed by atoms with Crippen LogP contribution < -0.4 is 5.32 Å². The van der Waals surface area contributed by atoms with Gasteiger partial charge in [0.1, 0.15) is 5.82 Å². The van der Waals surface area contributed by atoms with Gasteiger partial charge in [-0.05, 0) is 59.7 Å². The van der Waals surface area contributed by atoms with Gasteiger partial charge in [0.25, 0.3) is 0 Å². The number of rotatable bonds is 6. The van der Waals surface area contributed by atoms with Crippen molar-refractivity contribution in [3.8, 4) is 0 Å². The van der Waals surface area contributed by atoms with Gasteiger partial charge in [-0.1, -0.05) is 60.5 Å². The Hall–Kier alpha value is -2.87. The van der Waals surface area contributed by atoms with Crippen molar-refractivity contribution in [2.75, 3.05) is 5.32 Å². The molecule has 4 aromatic rings. The van der Waals surface area contributed by atoms with Crippen LogP contribution in [0, 0.1) is 0 Å². The second-order valence-electron chi connectivity index (χ2n) is 6.70. The molecule has 0 radical (unpaired) electrons. The average molecular weight is 472 g/mol. The SMILES string of the molecule is CCc1cccc(Nc2nc3ccccc3nc2[N-]S(=O)(=O)c2cc(Cl)ccc2Cl)c1. The third kappa shape index (κ3) is 4.74. The second-order valence-corrected chi connectivity index (χ2v) is 9.12. The van der Waals surface area contributed by atoms with Gasteiger partial charge in [-0.25, -0.2) is 13.4 Å². The molecule has 1 N–H and O–H groups in total. The van der Waals surface area contributed by atoms with Gasteiger partial charge >= 0.3 is 0 Å². The number of sulfonamides is 1. The number of halogens is 2. The summed E-state index contributed by atoms with van der Waals surface area (Å²) >= 11 is 12.1. The smallest absolute Gasteiger partial charge is 0.204 e. The summed E-state index contributed by atoms with van der Waals surface area (Å²) in [5.74, 6) is 0.144. The van der Waals surface area contributed by atoms with Crippen molar-refractivity contribution >= 4 is 61.6 Å². The number of aryl methyl sites for hydroxylation is 1. The van der Waals surface area contributed by atoms with E-state index in [9.17, 15) is 8.42 Å². The highest BCUT2D eigenvalue weighted by molar-refractivity contribution is 7.94. The van der Waals surface area contributed by atoms with Crippen LogP contribution in [0.5, 0.6) is 0 Å². The molecule has 0 aliphatic carbocycles. The molecule has 31 heavy (non-hydrogen) atoms. The first-order chi connectivity index (χ1) is 14.9. The molecule has 9 heteroatoms. The van der Waals surface area contributed by atoms with Gasteiger partial charge in [0.2, 0.25) is 10.0 Å². The minimum atomic E-state index is -4.20. The van der Waals surface area contributed by atoms with Crippen LogP contribution >= 0.6 is 23.2 Å². The molecule has 0 spiro atoms. The molecule has 158 valence electrons. The van der Waals surface area contributed by atoms with Crippen molar-refractivity contribution in [3.63, 3.8) is 0 Å². The van der Waals surface area contributed by atoms with E-state index in [-0.39, 0.29) is 26.6 Å². The van der Waals surface area contributed by atoms with Crippen molar-refractivity contribution in [2.24, 2.45) is 0 Å². The predicted molar refractivity (Wildman–Crippen MR) is 125 cm³/mol. The van der Waals surface area contributed by atoms with Crippen LogP contribution in [0.25, 0.3) is 15.8 Å². The summed E-state index contributed by atoms with van der Waals surface area (Å²) in [5.41, 5.74) is 2.99. The summed E-state index contributed by atoms with van der Waals surface area (Å²) in [5, 5.41) is 3.40. The van der Waals surface area contributed by atoms with E-state index in [4.69, 9.17) is 23.2 Å². The highest BCUT2D eigenvalue weighted by Gasteiger charge is 2.17. The normalized spacial score (nSPS) is 11.5. The third-order valence-electron chi connectivity index (χ3n) is 4.53. The number of para-hydroxylation sites is 2. The van der Waals surface area contributed by atoms with Gasteiger partial charge < -0.3 is 15.0 Å². The zero-order valence-electron chi connectivity index (χ0n) is 16.4. The molecule has 0 bridgehead atoms. The highest BCUT2D eigenvalue weighted by Crippen LogP contribution is 2.37. The fourth-order valence-corrected chi connectivity index (χ4v) is 4.67. The fraction of sp³-hybridized carbons (Fsp3) is 0.0909. The summed E-state index contributed by atoms with van der Waals surface area (Å²) < 4.78 is 30.0. The molecule has 0 saturated heterocycles. The first-order valence-corrected chi connectivity index (χ1v) is 11.6. The zero-order valence-corrected chi connectivity index (χ0v) is 18.7. The molecule has 0 saturated carbocycles. The summed E-state index contributed by atoms with van der Waals surface area (Å²) in [7, 11) is -4.20. The van der Waals surface area contributed by atoms with Crippen LogP contribution in [0.4, 0.5) is 17.3 Å². The quantitative estimate of drug-likeness (QED) is 0.340. The lowest BCUT2D eigenvalue weighted by Crippen LogP contribution is -2.03. The van der Waals surface area contributed by atoms with E-state index >= 15 is 0 Å². The average Bonchev–Trinajstić information content (AvgIpc) is 2.75. The molecule has 0 aliphatic rings. The van der Waals surface area contributed by atoms with E-state index in [1.54, 1.807) is 18.2 Å². The van der Waals surface area contributed by atoms with Gasteiger partial charge in [-0.3, -0.25) is 0 Å². The topological polar surface area (TPSA) is 86.1 Å². The summed E-state index contributed by atoms with van der Waals surface area (Å²) in [6, 6.07) is 19.1. The number of benzene rings is 3. The minimum absolute atomic E-state index is 0.0204. The Morgan fingerprint density at radius 3 is 2.42 bits per heavy atom. The van der Waals surface area contributed by atoms with Crippen LogP contribution in [-0.4, -0.2) is 18.4 Å². The molecule has 0 unspecified atom stereocenters. The highest BCUT2D eigenvalue weighted by atomic mass is 35.5. The van der Waals surface area contributed by atoms with Gasteiger partial charge in [0.15, 0.2) is 0 Å². The van der Waals surface area contributed by atoms with Crippen molar-refractivity contribution in [1.82, 2.24) is 9.97 Å². The van der Waals surface area contributed by atoms with E-state index in [0.717, 1.165) is 17.7 Å². The van der Waals surface area contributed by atoms with Crippen LogP contribution in [-0.2, 0) is 16.4 Å². The number of hydrogen-bond donors (Lipinski definition) is 1. The monoisotopic (exact) mass is 471 g/mol. The van der Waals surface area contributed by atoms with E-state index in [1.807, 2.05) is 30.3 Å². The van der Waals surface area contributed by atoms with Crippen molar-refractivity contribution in [1.29, 1.82) is 0 Å². The van der Waals surface area contributed by atoms with Crippen molar-refractivity contribution in [2.45, 2.75) is 18.2 Å². The number of fused-ring (bicyclic) bond motifs is 1. The van der Waals surface area contributed by atoms with Crippen LogP contribution in [0.15, 0.2) is 71.6 Å². The Kier molecular flexibility index (Phi) is 6.00. The predicted octanol–water partition coefficient (Wildman–Crippen LogP) is 6.64. The largest absolute Gasteiger partial charge is 0.431 e. The molecular formula is C22H17Cl2N4O2S-. The van der Waals surface area contributed by atoms with Gasteiger partial charge in [-0.15, -0.1) is 0 Å². The Balaban J connectivity index is 1.80. The second kappa shape index (κ2) is 8.70. The van der Waals surface area contributed by atoms with Crippen molar-refractivity contribution in [3.05, 3.63) is 87.1 Å². The Bertz CT molecular complexity index is 1380. The lowest BCUT2D eigenvalue weighted by atomic mass is 10.1. The lowest BCUT2D eigenvalue weighted by Gasteiger charge is -2.21. The molecular weight excluding hydrogens is 455 g/mol. The van der Waals surface area contributed by atoms with Crippen LogP contribution in [0.2, 0.25) is 10.0 Å². The molecule has 0 amide bonds. The number of anilines is 2. The lowest BCUT2D eigenvalue weighted by molar-refractivity contribution is 0.603. The third-order valence-corrected chi connectivity index (χ3v) is 6.51. The Morgan fingerprint density at radius 2 is 1.68 bits per heavy atom. The maximum atomic E-state index is 13.0. The number of hydrogen-bond acceptors (Lipinski definition) is 5. The van der Waals surface area contributed by atoms with E-state index in [1.165, 1.54) is 18.2 Å². The molecule has 1 heterocycles. The summed E-state index contributed by atoms with van der Waals surface area (Å²) in [6.07, 6.45) is 0.859. The maximum Gasteiger partial charge on any atom is 0.204 e. The Morgan fingerprint density at radius 1 is 0.935 bits per heavy atom. The van der Waals surface area contributed by atoms with E-state index in [0.29, 0.717) is 11.0 Å². The first kappa shape index (κ1) is 21.4. The van der Waals surface area contributed by atoms with E-state index < -0.39 is 10.0 Å². The molecule has 0 fully saturated rings. The van der Waals surface area contributed by atoms with Crippen molar-refractivity contribution < 1.29 is 8.42 Å².